The van der Waals surface area contributed by atoms with Crippen molar-refractivity contribution >= 4 is 17.5 Å². The Kier molecular flexibility index (Phi) is 6.60. The molecule has 3 N–H and O–H groups in total. The van der Waals surface area contributed by atoms with Crippen molar-refractivity contribution in [1.29, 1.82) is 0 Å². The number of nitrogens with one attached hydrogen (secondary N) is 2. The van der Waals surface area contributed by atoms with Crippen LogP contribution in [-0.2, 0) is 19.5 Å². The number of benzene rings is 3. The van der Waals surface area contributed by atoms with Crippen molar-refractivity contribution in [2.45, 2.75) is 19.5 Å². The molecule has 1 heterocycles. The summed E-state index contributed by atoms with van der Waals surface area (Å²) in [5, 5.41) is 15.7. The maximum atomic E-state index is 12.8. The van der Waals surface area contributed by atoms with E-state index in [2.05, 4.69) is 28.6 Å². The molecule has 7 nitrogen and oxygen atoms in total. The molecule has 0 bridgehead atoms. The predicted octanol–water partition coefficient (Wildman–Crippen LogP) is 3.57. The summed E-state index contributed by atoms with van der Waals surface area (Å²) in [6, 6.07) is 17.7. The highest BCUT2D eigenvalue weighted by molar-refractivity contribution is 6.04. The number of carbonyl (C=O) groups is 2. The van der Waals surface area contributed by atoms with Gasteiger partial charge in [-0.05, 0) is 72.6 Å². The molecule has 0 spiro atoms. The largest absolute Gasteiger partial charge is 0.504 e. The third kappa shape index (κ3) is 5.32. The van der Waals surface area contributed by atoms with E-state index in [1.807, 2.05) is 18.2 Å². The number of rotatable bonds is 6. The normalized spacial score (nSPS) is 13.2. The summed E-state index contributed by atoms with van der Waals surface area (Å²) >= 11 is 0. The number of ether oxygens (including phenoxy) is 1. The number of nitrogens with zero attached hydrogens (tertiary/aromatic N) is 1. The fourth-order valence-electron chi connectivity index (χ4n) is 3.92. The molecule has 3 aromatic carbocycles. The maximum Gasteiger partial charge on any atom is 0.255 e. The minimum absolute atomic E-state index is 0.0994. The Morgan fingerprint density at radius 2 is 1.82 bits per heavy atom. The van der Waals surface area contributed by atoms with Crippen molar-refractivity contribution in [3.05, 3.63) is 88.5 Å². The van der Waals surface area contributed by atoms with Crippen LogP contribution in [0.4, 0.5) is 5.69 Å². The number of anilines is 1. The average molecular weight is 446 g/mol. The van der Waals surface area contributed by atoms with Gasteiger partial charge < -0.3 is 25.4 Å². The quantitative estimate of drug-likeness (QED) is 0.540. The number of aromatic hydroxyl groups is 1. The smallest absolute Gasteiger partial charge is 0.255 e. The molecule has 0 saturated heterocycles. The molecule has 2 amide bonds. The molecule has 0 radical (unpaired) electrons. The third-order valence-electron chi connectivity index (χ3n) is 5.75. The van der Waals surface area contributed by atoms with Gasteiger partial charge in [-0.3, -0.25) is 9.59 Å². The first-order valence-electron chi connectivity index (χ1n) is 10.8. The first kappa shape index (κ1) is 22.4. The van der Waals surface area contributed by atoms with Crippen LogP contribution in [0.15, 0.2) is 60.7 Å². The van der Waals surface area contributed by atoms with Gasteiger partial charge in [0.1, 0.15) is 0 Å². The van der Waals surface area contributed by atoms with E-state index in [9.17, 15) is 14.7 Å². The van der Waals surface area contributed by atoms with Gasteiger partial charge in [-0.2, -0.15) is 0 Å². The lowest BCUT2D eigenvalue weighted by atomic mass is 9.99. The second kappa shape index (κ2) is 9.75. The number of methoxy groups -OCH3 is 1. The Balaban J connectivity index is 1.39. The van der Waals surface area contributed by atoms with Crippen molar-refractivity contribution in [3.8, 4) is 11.5 Å². The standard InChI is InChI=1S/C26H27N3O4/c1-29-11-10-18-6-8-22(13-21(18)16-29)28-26(32)19-5-3-4-17(12-19)15-27-25(31)20-7-9-24(33-2)23(30)14-20/h3-9,12-14,30H,10-11,15-16H2,1-2H3,(H,27,31)(H,28,32). The summed E-state index contributed by atoms with van der Waals surface area (Å²) in [5.74, 6) is -0.331. The molecular formula is C26H27N3O4. The van der Waals surface area contributed by atoms with E-state index in [-0.39, 0.29) is 24.1 Å². The molecule has 0 atom stereocenters. The molecule has 33 heavy (non-hydrogen) atoms. The van der Waals surface area contributed by atoms with E-state index in [1.54, 1.807) is 24.3 Å². The van der Waals surface area contributed by atoms with Crippen LogP contribution in [0.5, 0.6) is 11.5 Å². The van der Waals surface area contributed by atoms with Crippen LogP contribution in [0.3, 0.4) is 0 Å². The lowest BCUT2D eigenvalue weighted by molar-refractivity contribution is 0.0950. The zero-order chi connectivity index (χ0) is 23.4. The molecular weight excluding hydrogens is 418 g/mol. The zero-order valence-corrected chi connectivity index (χ0v) is 18.7. The van der Waals surface area contributed by atoms with E-state index in [0.29, 0.717) is 16.9 Å². The molecule has 1 aliphatic rings. The number of phenolic OH excluding ortho intramolecular Hbond substituents is 1. The average Bonchev–Trinajstić information content (AvgIpc) is 2.82. The van der Waals surface area contributed by atoms with Gasteiger partial charge in [-0.25, -0.2) is 0 Å². The maximum absolute atomic E-state index is 12.8. The molecule has 170 valence electrons. The Labute approximate surface area is 193 Å². The minimum Gasteiger partial charge on any atom is -0.504 e. The van der Waals surface area contributed by atoms with Crippen LogP contribution in [0.1, 0.15) is 37.4 Å². The van der Waals surface area contributed by atoms with Gasteiger partial charge in [0.05, 0.1) is 7.11 Å². The van der Waals surface area contributed by atoms with Crippen LogP contribution >= 0.6 is 0 Å². The van der Waals surface area contributed by atoms with Gasteiger partial charge in [0.25, 0.3) is 11.8 Å². The van der Waals surface area contributed by atoms with Crippen LogP contribution < -0.4 is 15.4 Å². The van der Waals surface area contributed by atoms with Gasteiger partial charge >= 0.3 is 0 Å². The number of hydrogen-bond acceptors (Lipinski definition) is 5. The van der Waals surface area contributed by atoms with Gasteiger partial charge in [-0.1, -0.05) is 18.2 Å². The van der Waals surface area contributed by atoms with E-state index >= 15 is 0 Å². The molecule has 0 unspecified atom stereocenters. The molecule has 1 aliphatic heterocycles. The second-order valence-electron chi connectivity index (χ2n) is 8.20. The van der Waals surface area contributed by atoms with Crippen molar-refractivity contribution in [2.75, 3.05) is 26.0 Å². The molecule has 0 saturated carbocycles. The third-order valence-corrected chi connectivity index (χ3v) is 5.75. The number of fused-ring (bicyclic) bond motifs is 1. The van der Waals surface area contributed by atoms with E-state index < -0.39 is 0 Å². The van der Waals surface area contributed by atoms with E-state index in [4.69, 9.17) is 4.74 Å². The monoisotopic (exact) mass is 445 g/mol. The van der Waals surface area contributed by atoms with Crippen LogP contribution in [0, 0.1) is 0 Å². The first-order chi connectivity index (χ1) is 15.9. The molecule has 4 rings (SSSR count). The fraction of sp³-hybridized carbons (Fsp3) is 0.231. The minimum atomic E-state index is -0.332. The summed E-state index contributed by atoms with van der Waals surface area (Å²) in [4.78, 5) is 27.5. The van der Waals surface area contributed by atoms with E-state index in [1.165, 1.54) is 30.4 Å². The SMILES string of the molecule is COc1ccc(C(=O)NCc2cccc(C(=O)Nc3ccc4c(c3)CN(C)CC4)c2)cc1O. The summed E-state index contributed by atoms with van der Waals surface area (Å²) in [5.41, 5.74) is 4.96. The highest BCUT2D eigenvalue weighted by atomic mass is 16.5. The second-order valence-corrected chi connectivity index (χ2v) is 8.20. The van der Waals surface area contributed by atoms with Crippen molar-refractivity contribution in [2.24, 2.45) is 0 Å². The highest BCUT2D eigenvalue weighted by Gasteiger charge is 2.15. The molecule has 0 fully saturated rings. The zero-order valence-electron chi connectivity index (χ0n) is 18.7. The van der Waals surface area contributed by atoms with Crippen molar-refractivity contribution in [3.63, 3.8) is 0 Å². The van der Waals surface area contributed by atoms with Gasteiger partial charge in [0.2, 0.25) is 0 Å². The fourth-order valence-corrected chi connectivity index (χ4v) is 3.92. The van der Waals surface area contributed by atoms with Gasteiger partial charge in [0.15, 0.2) is 11.5 Å². The number of carbonyl (C=O) groups excluding carboxylic acids is 2. The Morgan fingerprint density at radius 3 is 2.61 bits per heavy atom. The van der Waals surface area contributed by atoms with Crippen molar-refractivity contribution < 1.29 is 19.4 Å². The topological polar surface area (TPSA) is 90.9 Å². The lowest BCUT2D eigenvalue weighted by Crippen LogP contribution is -2.26. The highest BCUT2D eigenvalue weighted by Crippen LogP contribution is 2.26. The van der Waals surface area contributed by atoms with Crippen LogP contribution in [-0.4, -0.2) is 42.5 Å². The summed E-state index contributed by atoms with van der Waals surface area (Å²) in [6.07, 6.45) is 1.02. The molecule has 7 heteroatoms. The molecule has 3 aromatic rings. The number of likely N-dealkylation sites (N-methyl/N-ethyl adjacent to an activating group) is 1. The van der Waals surface area contributed by atoms with Gasteiger partial charge in [-0.15, -0.1) is 0 Å². The van der Waals surface area contributed by atoms with E-state index in [0.717, 1.165) is 30.8 Å². The first-order valence-corrected chi connectivity index (χ1v) is 10.8. The summed E-state index contributed by atoms with van der Waals surface area (Å²) in [6.45, 7) is 2.17. The number of amides is 2. The van der Waals surface area contributed by atoms with Gasteiger partial charge in [0, 0.05) is 36.4 Å². The Bertz CT molecular complexity index is 1190. The Morgan fingerprint density at radius 1 is 1.00 bits per heavy atom. The summed E-state index contributed by atoms with van der Waals surface area (Å²) in [7, 11) is 3.54. The van der Waals surface area contributed by atoms with Crippen LogP contribution in [0.25, 0.3) is 0 Å². The molecule has 0 aromatic heterocycles. The summed E-state index contributed by atoms with van der Waals surface area (Å²) < 4.78 is 5.00. The lowest BCUT2D eigenvalue weighted by Gasteiger charge is -2.25. The Hall–Kier alpha value is -3.84. The van der Waals surface area contributed by atoms with Crippen LogP contribution in [0.2, 0.25) is 0 Å². The molecule has 0 aliphatic carbocycles. The predicted molar refractivity (Wildman–Crippen MR) is 127 cm³/mol. The number of hydrogen-bond donors (Lipinski definition) is 3. The number of phenols is 1. The van der Waals surface area contributed by atoms with Crippen molar-refractivity contribution in [1.82, 2.24) is 10.2 Å².